The number of thiocarbonyl (C=S) groups is 1. The molecule has 15 heavy (non-hydrogen) atoms. The van der Waals surface area contributed by atoms with Gasteiger partial charge in [0.15, 0.2) is 11.3 Å². The number of ether oxygens (including phenoxy) is 1. The van der Waals surface area contributed by atoms with Crippen LogP contribution in [0, 0.1) is 0 Å². The van der Waals surface area contributed by atoms with Crippen LogP contribution in [0.25, 0.3) is 0 Å². The third-order valence-electron chi connectivity index (χ3n) is 1.80. The van der Waals surface area contributed by atoms with Crippen molar-refractivity contribution in [3.8, 4) is 0 Å². The van der Waals surface area contributed by atoms with E-state index in [4.69, 9.17) is 12.2 Å². The largest absolute Gasteiger partial charge is 0.468 e. The summed E-state index contributed by atoms with van der Waals surface area (Å²) in [5.74, 6) is -0.799. The summed E-state index contributed by atoms with van der Waals surface area (Å²) in [6.45, 7) is 1.59. The number of methoxy groups -OCH3 is 1. The zero-order valence-corrected chi connectivity index (χ0v) is 9.10. The summed E-state index contributed by atoms with van der Waals surface area (Å²) < 4.78 is 4.50. The SMILES string of the molecule is COC(=O)C(C)NC1NNC(=S)NC1=O. The molecule has 8 heteroatoms. The number of amides is 1. The van der Waals surface area contributed by atoms with Gasteiger partial charge in [-0.15, -0.1) is 0 Å². The number of hydrogen-bond donors (Lipinski definition) is 4. The minimum absolute atomic E-state index is 0.198. The van der Waals surface area contributed by atoms with Crippen molar-refractivity contribution in [1.82, 2.24) is 21.5 Å². The van der Waals surface area contributed by atoms with Crippen LogP contribution in [0.1, 0.15) is 6.92 Å². The molecule has 1 heterocycles. The van der Waals surface area contributed by atoms with Crippen LogP contribution >= 0.6 is 12.2 Å². The Hall–Kier alpha value is -1.25. The molecule has 0 aromatic rings. The molecule has 4 N–H and O–H groups in total. The fraction of sp³-hybridized carbons (Fsp3) is 0.571. The number of esters is 1. The lowest BCUT2D eigenvalue weighted by Gasteiger charge is -2.27. The van der Waals surface area contributed by atoms with Gasteiger partial charge in [-0.3, -0.25) is 25.6 Å². The lowest BCUT2D eigenvalue weighted by atomic mass is 10.3. The van der Waals surface area contributed by atoms with Gasteiger partial charge in [0.1, 0.15) is 6.04 Å². The van der Waals surface area contributed by atoms with Crippen molar-refractivity contribution in [2.75, 3.05) is 7.11 Å². The lowest BCUT2D eigenvalue weighted by molar-refractivity contribution is -0.143. The topological polar surface area (TPSA) is 91.5 Å². The van der Waals surface area contributed by atoms with Crippen molar-refractivity contribution in [3.05, 3.63) is 0 Å². The van der Waals surface area contributed by atoms with Gasteiger partial charge in [0, 0.05) is 0 Å². The molecule has 1 fully saturated rings. The van der Waals surface area contributed by atoms with Gasteiger partial charge in [-0.05, 0) is 19.1 Å². The van der Waals surface area contributed by atoms with Gasteiger partial charge in [-0.25, -0.2) is 5.43 Å². The Morgan fingerprint density at radius 2 is 2.33 bits per heavy atom. The van der Waals surface area contributed by atoms with E-state index in [9.17, 15) is 9.59 Å². The van der Waals surface area contributed by atoms with Crippen LogP contribution in [-0.4, -0.2) is 36.3 Å². The van der Waals surface area contributed by atoms with E-state index in [0.29, 0.717) is 0 Å². The highest BCUT2D eigenvalue weighted by atomic mass is 32.1. The number of carbonyl (C=O) groups is 2. The molecule has 1 aliphatic rings. The zero-order chi connectivity index (χ0) is 11.4. The van der Waals surface area contributed by atoms with E-state index in [1.807, 2.05) is 0 Å². The standard InChI is InChI=1S/C7H12N4O3S/c1-3(6(13)14-2)8-4-5(12)9-7(15)11-10-4/h3-4,8,10H,1-2H3,(H2,9,11,12,15). The van der Waals surface area contributed by atoms with Crippen LogP contribution in [0.3, 0.4) is 0 Å². The summed E-state index contributed by atoms with van der Waals surface area (Å²) in [5, 5.41) is 5.31. The van der Waals surface area contributed by atoms with Crippen LogP contribution in [0.15, 0.2) is 0 Å². The van der Waals surface area contributed by atoms with Crippen LogP contribution in [0.2, 0.25) is 0 Å². The second-order valence-electron chi connectivity index (χ2n) is 2.93. The van der Waals surface area contributed by atoms with Crippen molar-refractivity contribution in [1.29, 1.82) is 0 Å². The Morgan fingerprint density at radius 3 is 2.87 bits per heavy atom. The molecule has 0 aromatic carbocycles. The number of nitrogens with one attached hydrogen (secondary N) is 4. The van der Waals surface area contributed by atoms with Crippen LogP contribution in [0.4, 0.5) is 0 Å². The number of carbonyl (C=O) groups excluding carboxylic acids is 2. The molecule has 84 valence electrons. The molecule has 2 atom stereocenters. The summed E-state index contributed by atoms with van der Waals surface area (Å²) >= 11 is 4.70. The molecule has 0 bridgehead atoms. The van der Waals surface area contributed by atoms with Gasteiger partial charge in [0.2, 0.25) is 0 Å². The first kappa shape index (κ1) is 11.8. The predicted octanol–water partition coefficient (Wildman–Crippen LogP) is -2.03. The second kappa shape index (κ2) is 5.01. The molecule has 0 radical (unpaired) electrons. The fourth-order valence-corrected chi connectivity index (χ4v) is 1.19. The predicted molar refractivity (Wildman–Crippen MR) is 55.4 cm³/mol. The molecular formula is C7H12N4O3S. The van der Waals surface area contributed by atoms with Crippen LogP contribution in [0.5, 0.6) is 0 Å². The summed E-state index contributed by atoms with van der Waals surface area (Å²) in [6, 6.07) is -0.591. The average Bonchev–Trinajstić information content (AvgIpc) is 2.20. The van der Waals surface area contributed by atoms with Gasteiger partial charge in [0.25, 0.3) is 5.91 Å². The first-order chi connectivity index (χ1) is 7.04. The molecule has 7 nitrogen and oxygen atoms in total. The summed E-state index contributed by atoms with van der Waals surface area (Å²) in [5.41, 5.74) is 5.17. The van der Waals surface area contributed by atoms with E-state index >= 15 is 0 Å². The molecule has 2 unspecified atom stereocenters. The lowest BCUT2D eigenvalue weighted by Crippen LogP contribution is -2.68. The van der Waals surface area contributed by atoms with Crippen molar-refractivity contribution >= 4 is 29.2 Å². The molecule has 1 amide bonds. The number of hydrogen-bond acceptors (Lipinski definition) is 6. The summed E-state index contributed by atoms with van der Waals surface area (Å²) in [7, 11) is 1.28. The third kappa shape index (κ3) is 3.11. The maximum Gasteiger partial charge on any atom is 0.322 e. The maximum absolute atomic E-state index is 11.3. The van der Waals surface area contributed by atoms with Crippen molar-refractivity contribution in [2.24, 2.45) is 0 Å². The van der Waals surface area contributed by atoms with Gasteiger partial charge < -0.3 is 4.74 Å². The fourth-order valence-electron chi connectivity index (χ4n) is 1.03. The maximum atomic E-state index is 11.3. The Kier molecular flexibility index (Phi) is 3.95. The van der Waals surface area contributed by atoms with E-state index in [0.717, 1.165) is 0 Å². The first-order valence-corrected chi connectivity index (χ1v) is 4.65. The van der Waals surface area contributed by atoms with Crippen LogP contribution in [-0.2, 0) is 14.3 Å². The summed E-state index contributed by atoms with van der Waals surface area (Å²) in [4.78, 5) is 22.4. The highest BCUT2D eigenvalue weighted by molar-refractivity contribution is 7.80. The smallest absolute Gasteiger partial charge is 0.322 e. The Morgan fingerprint density at radius 1 is 1.67 bits per heavy atom. The van der Waals surface area contributed by atoms with Gasteiger partial charge in [0.05, 0.1) is 7.11 Å². The van der Waals surface area contributed by atoms with Crippen molar-refractivity contribution in [3.63, 3.8) is 0 Å². The second-order valence-corrected chi connectivity index (χ2v) is 3.34. The monoisotopic (exact) mass is 232 g/mol. The normalized spacial score (nSPS) is 22.7. The van der Waals surface area contributed by atoms with E-state index in [1.54, 1.807) is 6.92 Å². The highest BCUT2D eigenvalue weighted by Gasteiger charge is 2.27. The van der Waals surface area contributed by atoms with Gasteiger partial charge in [-0.2, -0.15) is 0 Å². The summed E-state index contributed by atoms with van der Waals surface area (Å²) in [6.07, 6.45) is -0.731. The molecule has 0 aromatic heterocycles. The minimum Gasteiger partial charge on any atom is -0.468 e. The molecule has 0 spiro atoms. The van der Waals surface area contributed by atoms with E-state index in [-0.39, 0.29) is 11.0 Å². The van der Waals surface area contributed by atoms with Crippen LogP contribution < -0.4 is 21.5 Å². The van der Waals surface area contributed by atoms with E-state index < -0.39 is 18.2 Å². The first-order valence-electron chi connectivity index (χ1n) is 4.25. The molecule has 0 saturated carbocycles. The molecule has 1 aliphatic heterocycles. The number of rotatable bonds is 3. The van der Waals surface area contributed by atoms with E-state index in [1.165, 1.54) is 7.11 Å². The third-order valence-corrected chi connectivity index (χ3v) is 2.00. The highest BCUT2D eigenvalue weighted by Crippen LogP contribution is 1.91. The quantitative estimate of drug-likeness (QED) is 0.329. The molecular weight excluding hydrogens is 220 g/mol. The average molecular weight is 232 g/mol. The van der Waals surface area contributed by atoms with Crippen molar-refractivity contribution < 1.29 is 14.3 Å². The zero-order valence-electron chi connectivity index (χ0n) is 8.29. The molecule has 0 aliphatic carbocycles. The Bertz CT molecular complexity index is 296. The minimum atomic E-state index is -0.731. The van der Waals surface area contributed by atoms with Gasteiger partial charge in [-0.1, -0.05) is 0 Å². The molecule has 1 saturated heterocycles. The number of hydrazine groups is 1. The molecule has 1 rings (SSSR count). The Balaban J connectivity index is 2.48. The Labute approximate surface area is 91.9 Å². The van der Waals surface area contributed by atoms with E-state index in [2.05, 4.69) is 26.2 Å². The van der Waals surface area contributed by atoms with Crippen molar-refractivity contribution in [2.45, 2.75) is 19.1 Å². The van der Waals surface area contributed by atoms with Gasteiger partial charge >= 0.3 is 5.97 Å².